The molecule has 3 fully saturated rings. The van der Waals surface area contributed by atoms with Gasteiger partial charge >= 0.3 is 0 Å². The number of aliphatic hydroxyl groups excluding tert-OH is 1. The van der Waals surface area contributed by atoms with Crippen molar-refractivity contribution in [1.29, 1.82) is 0 Å². The minimum absolute atomic E-state index is 0.0432. The Hall–Kier alpha value is -1.28. The summed E-state index contributed by atoms with van der Waals surface area (Å²) in [5.41, 5.74) is -1.66. The fourth-order valence-corrected chi connectivity index (χ4v) is 4.87. The van der Waals surface area contributed by atoms with Crippen LogP contribution in [0.2, 0.25) is 0 Å². The summed E-state index contributed by atoms with van der Waals surface area (Å²) in [5, 5.41) is 24.3. The van der Waals surface area contributed by atoms with Crippen molar-refractivity contribution in [3.05, 3.63) is 12.2 Å². The fraction of sp³-hybridized carbons (Fsp3) is 0.818. The molecule has 7 heteroatoms. The van der Waals surface area contributed by atoms with Crippen LogP contribution in [0.15, 0.2) is 12.2 Å². The summed E-state index contributed by atoms with van der Waals surface area (Å²) in [6, 6.07) is -0.721. The number of rotatable bonds is 11. The molecule has 0 aromatic heterocycles. The van der Waals surface area contributed by atoms with Gasteiger partial charge in [0.15, 0.2) is 11.4 Å². The number of unbranched alkanes of at least 4 members (excludes halogenated alkanes) is 7. The Bertz CT molecular complexity index is 622. The van der Waals surface area contributed by atoms with Crippen LogP contribution >= 0.6 is 0 Å². The summed E-state index contributed by atoms with van der Waals surface area (Å²) >= 11 is 0. The van der Waals surface area contributed by atoms with Crippen LogP contribution in [0.25, 0.3) is 0 Å². The maximum atomic E-state index is 12.6. The predicted molar refractivity (Wildman–Crippen MR) is 107 cm³/mol. The molecule has 7 atom stereocenters. The molecule has 3 aliphatic rings. The van der Waals surface area contributed by atoms with Crippen molar-refractivity contribution in [2.45, 2.75) is 101 Å². The normalized spacial score (nSPS) is 38.1. The van der Waals surface area contributed by atoms with Crippen LogP contribution in [0, 0.1) is 5.92 Å². The molecule has 0 spiro atoms. The van der Waals surface area contributed by atoms with Crippen molar-refractivity contribution in [2.24, 2.45) is 5.92 Å². The number of fused-ring (bicyclic) bond motifs is 4. The van der Waals surface area contributed by atoms with Gasteiger partial charge in [0.2, 0.25) is 5.91 Å². The van der Waals surface area contributed by atoms with Gasteiger partial charge in [0.05, 0.1) is 24.2 Å². The summed E-state index contributed by atoms with van der Waals surface area (Å²) in [7, 11) is 1.46. The van der Waals surface area contributed by atoms with Crippen LogP contribution in [-0.4, -0.2) is 65.1 Å². The van der Waals surface area contributed by atoms with E-state index in [1.807, 2.05) is 6.08 Å². The molecule has 164 valence electrons. The topological polar surface area (TPSA) is 108 Å². The highest BCUT2D eigenvalue weighted by atomic mass is 16.6. The number of aliphatic hydroxyl groups is 2. The van der Waals surface area contributed by atoms with E-state index in [-0.39, 0.29) is 18.4 Å². The van der Waals surface area contributed by atoms with Crippen LogP contribution in [0.3, 0.4) is 0 Å². The Morgan fingerprint density at radius 1 is 1.28 bits per heavy atom. The molecule has 0 aromatic rings. The van der Waals surface area contributed by atoms with Gasteiger partial charge in [0.1, 0.15) is 12.2 Å². The quantitative estimate of drug-likeness (QED) is 0.272. The third kappa shape index (κ3) is 4.74. The van der Waals surface area contributed by atoms with Gasteiger partial charge in [-0.2, -0.15) is 0 Å². The van der Waals surface area contributed by atoms with Crippen molar-refractivity contribution in [3.63, 3.8) is 0 Å². The number of amides is 1. The van der Waals surface area contributed by atoms with E-state index in [2.05, 4.69) is 12.2 Å². The van der Waals surface area contributed by atoms with Crippen LogP contribution in [0.4, 0.5) is 0 Å². The van der Waals surface area contributed by atoms with E-state index < -0.39 is 41.7 Å². The number of ether oxygens (including phenoxy) is 2. The summed E-state index contributed by atoms with van der Waals surface area (Å²) in [5.74, 6) is -1.67. The van der Waals surface area contributed by atoms with Crippen molar-refractivity contribution in [1.82, 2.24) is 5.32 Å². The predicted octanol–water partition coefficient (Wildman–Crippen LogP) is 1.65. The SMILES string of the molecule is CCCCCCCCC/C=C/C(=O)N[C@H]1C[C@@]2(O)C(=O)[C@H]([C@H]1O)[C@H](OC)[C@@H]1O[C@@H]12. The lowest BCUT2D eigenvalue weighted by Crippen LogP contribution is -2.69. The minimum Gasteiger partial charge on any atom is -0.390 e. The second-order valence-corrected chi connectivity index (χ2v) is 8.66. The molecule has 0 aromatic carbocycles. The van der Waals surface area contributed by atoms with E-state index in [9.17, 15) is 19.8 Å². The summed E-state index contributed by atoms with van der Waals surface area (Å²) in [6.45, 7) is 2.21. The molecule has 3 N–H and O–H groups in total. The van der Waals surface area contributed by atoms with Gasteiger partial charge in [-0.15, -0.1) is 0 Å². The van der Waals surface area contributed by atoms with E-state index in [4.69, 9.17) is 9.47 Å². The Labute approximate surface area is 172 Å². The maximum absolute atomic E-state index is 12.6. The second-order valence-electron chi connectivity index (χ2n) is 8.66. The van der Waals surface area contributed by atoms with E-state index in [1.165, 1.54) is 45.3 Å². The third-order valence-electron chi connectivity index (χ3n) is 6.56. The van der Waals surface area contributed by atoms with E-state index in [0.717, 1.165) is 19.3 Å². The highest BCUT2D eigenvalue weighted by molar-refractivity contribution is 5.95. The number of epoxide rings is 1. The molecular weight excluding hydrogens is 374 g/mol. The lowest BCUT2D eigenvalue weighted by molar-refractivity contribution is -0.173. The van der Waals surface area contributed by atoms with Gasteiger partial charge in [-0.1, -0.05) is 51.5 Å². The van der Waals surface area contributed by atoms with E-state index >= 15 is 0 Å². The highest BCUT2D eigenvalue weighted by Crippen LogP contribution is 2.51. The third-order valence-corrected chi connectivity index (χ3v) is 6.56. The van der Waals surface area contributed by atoms with Gasteiger partial charge in [0.25, 0.3) is 0 Å². The Balaban J connectivity index is 1.45. The molecule has 2 bridgehead atoms. The zero-order valence-electron chi connectivity index (χ0n) is 17.5. The minimum atomic E-state index is -1.66. The summed E-state index contributed by atoms with van der Waals surface area (Å²) < 4.78 is 10.8. The molecule has 2 saturated carbocycles. The summed E-state index contributed by atoms with van der Waals surface area (Å²) in [4.78, 5) is 24.9. The van der Waals surface area contributed by atoms with Crippen molar-refractivity contribution in [3.8, 4) is 0 Å². The van der Waals surface area contributed by atoms with Crippen molar-refractivity contribution >= 4 is 11.7 Å². The van der Waals surface area contributed by atoms with Gasteiger partial charge in [-0.05, 0) is 18.9 Å². The molecule has 29 heavy (non-hydrogen) atoms. The number of nitrogens with one attached hydrogen (secondary N) is 1. The summed E-state index contributed by atoms with van der Waals surface area (Å²) in [6.07, 6.45) is 9.97. The second kappa shape index (κ2) is 9.69. The molecule has 1 aliphatic heterocycles. The number of allylic oxidation sites excluding steroid dienone is 1. The van der Waals surface area contributed by atoms with Gasteiger partial charge < -0.3 is 25.0 Å². The number of carbonyl (C=O) groups excluding carboxylic acids is 2. The molecule has 1 heterocycles. The average molecular weight is 410 g/mol. The van der Waals surface area contributed by atoms with Crippen LogP contribution < -0.4 is 5.32 Å². The first kappa shape index (κ1) is 22.4. The average Bonchev–Trinajstić information content (AvgIpc) is 3.49. The number of Topliss-reactive ketones (excluding diaryl/α,β-unsaturated/α-hetero) is 1. The molecule has 2 aliphatic carbocycles. The molecular formula is C22H35NO6. The molecule has 1 amide bonds. The molecule has 7 nitrogen and oxygen atoms in total. The number of hydrogen-bond acceptors (Lipinski definition) is 6. The van der Waals surface area contributed by atoms with Crippen LogP contribution in [0.5, 0.6) is 0 Å². The van der Waals surface area contributed by atoms with Crippen molar-refractivity contribution in [2.75, 3.05) is 7.11 Å². The van der Waals surface area contributed by atoms with Gasteiger partial charge in [-0.3, -0.25) is 9.59 Å². The molecule has 0 unspecified atom stereocenters. The zero-order valence-corrected chi connectivity index (χ0v) is 17.5. The monoisotopic (exact) mass is 409 g/mol. The smallest absolute Gasteiger partial charge is 0.243 e. The molecule has 0 radical (unpaired) electrons. The largest absolute Gasteiger partial charge is 0.390 e. The maximum Gasteiger partial charge on any atom is 0.243 e. The van der Waals surface area contributed by atoms with Crippen molar-refractivity contribution < 1.29 is 29.3 Å². The first-order valence-electron chi connectivity index (χ1n) is 11.0. The first-order valence-corrected chi connectivity index (χ1v) is 11.0. The molecule has 3 rings (SSSR count). The van der Waals surface area contributed by atoms with Gasteiger partial charge in [-0.25, -0.2) is 0 Å². The first-order chi connectivity index (χ1) is 13.9. The lowest BCUT2D eigenvalue weighted by atomic mass is 9.63. The number of hydrogen-bond donors (Lipinski definition) is 3. The Morgan fingerprint density at radius 2 is 1.97 bits per heavy atom. The zero-order chi connectivity index (χ0) is 21.0. The van der Waals surface area contributed by atoms with Crippen LogP contribution in [-0.2, 0) is 19.1 Å². The standard InChI is InChI=1S/C22H35NO6/c1-3-4-5-6-7-8-9-10-11-12-15(24)23-14-13-22(27)20(26)16(17(14)25)18(28-2)19-21(22)29-19/h11-12,14,16-19,21,25,27H,3-10,13H2,1-2H3,(H,23,24)/b12-11+/t14-,16+,17-,18-,19-,21-,22+/m0/s1. The lowest BCUT2D eigenvalue weighted by Gasteiger charge is -2.46. The van der Waals surface area contributed by atoms with E-state index in [0.29, 0.717) is 0 Å². The Kier molecular flexibility index (Phi) is 7.48. The van der Waals surface area contributed by atoms with Crippen LogP contribution in [0.1, 0.15) is 64.7 Å². The number of ketones is 1. The van der Waals surface area contributed by atoms with E-state index in [1.54, 1.807) is 0 Å². The molecule has 1 saturated heterocycles. The Morgan fingerprint density at radius 3 is 2.66 bits per heavy atom. The fourth-order valence-electron chi connectivity index (χ4n) is 4.87. The highest BCUT2D eigenvalue weighted by Gasteiger charge is 2.72. The number of carbonyl (C=O) groups is 2. The van der Waals surface area contributed by atoms with Gasteiger partial charge in [0, 0.05) is 13.5 Å². The number of methoxy groups -OCH3 is 1.